The van der Waals surface area contributed by atoms with Gasteiger partial charge >= 0.3 is 0 Å². The molecule has 1 fully saturated rings. The summed E-state index contributed by atoms with van der Waals surface area (Å²) in [6, 6.07) is 3.18. The fraction of sp³-hybridized carbons (Fsp3) is 0.412. The first-order valence-corrected chi connectivity index (χ1v) is 9.20. The number of nitrogens with one attached hydrogen (secondary N) is 2. The van der Waals surface area contributed by atoms with Gasteiger partial charge in [-0.2, -0.15) is 0 Å². The summed E-state index contributed by atoms with van der Waals surface area (Å²) < 4.78 is 0. The molecular weight excluding hydrogens is 340 g/mol. The first-order valence-electron chi connectivity index (χ1n) is 8.38. The van der Waals surface area contributed by atoms with Gasteiger partial charge in [-0.1, -0.05) is 17.8 Å². The van der Waals surface area contributed by atoms with E-state index < -0.39 is 0 Å². The topological polar surface area (TPSA) is 95.2 Å². The Balaban J connectivity index is 1.48. The van der Waals surface area contributed by atoms with Crippen molar-refractivity contribution in [1.82, 2.24) is 14.9 Å². The molecule has 0 spiro atoms. The van der Waals surface area contributed by atoms with Gasteiger partial charge in [-0.25, -0.2) is 4.98 Å². The Morgan fingerprint density at radius 3 is 2.92 bits per heavy atom. The molecule has 7 nitrogen and oxygen atoms in total. The van der Waals surface area contributed by atoms with Crippen LogP contribution in [0.5, 0.6) is 0 Å². The summed E-state index contributed by atoms with van der Waals surface area (Å²) in [6.45, 7) is 0.930. The van der Waals surface area contributed by atoms with Crippen LogP contribution in [-0.4, -0.2) is 33.2 Å². The third-order valence-electron chi connectivity index (χ3n) is 4.77. The van der Waals surface area contributed by atoms with E-state index in [4.69, 9.17) is 0 Å². The number of anilines is 1. The summed E-state index contributed by atoms with van der Waals surface area (Å²) in [6.07, 6.45) is 5.15. The predicted octanol–water partition coefficient (Wildman–Crippen LogP) is 1.77. The van der Waals surface area contributed by atoms with Crippen molar-refractivity contribution >= 4 is 28.3 Å². The molecule has 2 aromatic heterocycles. The second-order valence-corrected chi connectivity index (χ2v) is 7.48. The zero-order valence-electron chi connectivity index (χ0n) is 13.6. The molecule has 2 amide bonds. The van der Waals surface area contributed by atoms with Crippen molar-refractivity contribution in [3.63, 3.8) is 0 Å². The molecule has 130 valence electrons. The highest BCUT2D eigenvalue weighted by atomic mass is 32.1. The van der Waals surface area contributed by atoms with Crippen molar-refractivity contribution in [1.29, 1.82) is 0 Å². The number of rotatable bonds is 3. The molecule has 0 bridgehead atoms. The van der Waals surface area contributed by atoms with Gasteiger partial charge in [0.1, 0.15) is 5.56 Å². The number of amides is 2. The fourth-order valence-corrected chi connectivity index (χ4v) is 4.09. The second kappa shape index (κ2) is 6.44. The highest BCUT2D eigenvalue weighted by molar-refractivity contribution is 7.15. The highest BCUT2D eigenvalue weighted by Gasteiger charge is 2.28. The number of H-pyrrole nitrogens is 1. The van der Waals surface area contributed by atoms with E-state index >= 15 is 0 Å². The molecule has 0 saturated heterocycles. The molecule has 1 aliphatic heterocycles. The van der Waals surface area contributed by atoms with E-state index in [-0.39, 0.29) is 28.9 Å². The normalized spacial score (nSPS) is 16.9. The number of nitrogens with zero attached hydrogens (tertiary/aromatic N) is 2. The number of carbonyl (C=O) groups excluding carboxylic acids is 2. The molecule has 2 aliphatic rings. The standard InChI is InChI=1S/C17H18N4O3S/c22-14(10-3-1-4-10)20-17-19-12-6-8-21(9-13(12)25-17)16(24)11-5-2-7-18-15(11)23/h2,5,7,10H,1,3-4,6,8-9H2,(H,18,23)(H,19,20,22). The van der Waals surface area contributed by atoms with E-state index in [2.05, 4.69) is 15.3 Å². The van der Waals surface area contributed by atoms with Gasteiger partial charge in [0, 0.05) is 30.0 Å². The van der Waals surface area contributed by atoms with Gasteiger partial charge < -0.3 is 15.2 Å². The minimum absolute atomic E-state index is 0.0427. The molecule has 2 N–H and O–H groups in total. The number of thiazole rings is 1. The number of fused-ring (bicyclic) bond motifs is 1. The zero-order valence-corrected chi connectivity index (χ0v) is 14.4. The lowest BCUT2D eigenvalue weighted by Crippen LogP contribution is -2.38. The van der Waals surface area contributed by atoms with Gasteiger partial charge in [0.05, 0.1) is 12.2 Å². The summed E-state index contributed by atoms with van der Waals surface area (Å²) >= 11 is 1.41. The molecule has 1 saturated carbocycles. The number of pyridine rings is 1. The van der Waals surface area contributed by atoms with Gasteiger partial charge in [0.25, 0.3) is 11.5 Å². The van der Waals surface area contributed by atoms with Gasteiger partial charge in [-0.3, -0.25) is 14.4 Å². The van der Waals surface area contributed by atoms with Crippen LogP contribution in [-0.2, 0) is 17.8 Å². The maximum atomic E-state index is 12.6. The van der Waals surface area contributed by atoms with Crippen LogP contribution in [0.25, 0.3) is 0 Å². The molecule has 25 heavy (non-hydrogen) atoms. The lowest BCUT2D eigenvalue weighted by Gasteiger charge is -2.25. The summed E-state index contributed by atoms with van der Waals surface area (Å²) in [7, 11) is 0. The van der Waals surface area contributed by atoms with E-state index in [9.17, 15) is 14.4 Å². The van der Waals surface area contributed by atoms with Gasteiger partial charge in [-0.05, 0) is 25.0 Å². The second-order valence-electron chi connectivity index (χ2n) is 6.40. The van der Waals surface area contributed by atoms with Crippen molar-refractivity contribution in [2.75, 3.05) is 11.9 Å². The Labute approximate surface area is 148 Å². The molecule has 3 heterocycles. The summed E-state index contributed by atoms with van der Waals surface area (Å²) in [5, 5.41) is 3.50. The number of hydrogen-bond acceptors (Lipinski definition) is 5. The van der Waals surface area contributed by atoms with E-state index in [1.54, 1.807) is 11.0 Å². The van der Waals surface area contributed by atoms with Crippen molar-refractivity contribution in [3.8, 4) is 0 Å². The van der Waals surface area contributed by atoms with Crippen molar-refractivity contribution in [3.05, 3.63) is 44.8 Å². The van der Waals surface area contributed by atoms with Crippen LogP contribution in [0.3, 0.4) is 0 Å². The SMILES string of the molecule is O=C(Nc1nc2c(s1)CN(C(=O)c1ccc[nH]c1=O)CC2)C1CCC1. The van der Waals surface area contributed by atoms with Crippen LogP contribution < -0.4 is 10.9 Å². The van der Waals surface area contributed by atoms with Crippen LogP contribution in [0.15, 0.2) is 23.1 Å². The van der Waals surface area contributed by atoms with Gasteiger partial charge in [0.2, 0.25) is 5.91 Å². The fourth-order valence-electron chi connectivity index (χ4n) is 3.06. The molecule has 1 aliphatic carbocycles. The Morgan fingerprint density at radius 1 is 1.36 bits per heavy atom. The molecule has 8 heteroatoms. The number of aromatic amines is 1. The third kappa shape index (κ3) is 3.09. The van der Waals surface area contributed by atoms with Gasteiger partial charge in [0.15, 0.2) is 5.13 Å². The largest absolute Gasteiger partial charge is 0.333 e. The van der Waals surface area contributed by atoms with Gasteiger partial charge in [-0.15, -0.1) is 0 Å². The van der Waals surface area contributed by atoms with E-state index in [0.29, 0.717) is 24.6 Å². The summed E-state index contributed by atoms with van der Waals surface area (Å²) in [5.41, 5.74) is 0.699. The van der Waals surface area contributed by atoms with Crippen molar-refractivity contribution in [2.24, 2.45) is 5.92 Å². The first kappa shape index (κ1) is 16.0. The van der Waals surface area contributed by atoms with Crippen LogP contribution >= 0.6 is 11.3 Å². The monoisotopic (exact) mass is 358 g/mol. The Bertz CT molecular complexity index is 884. The van der Waals surface area contributed by atoms with Crippen molar-refractivity contribution in [2.45, 2.75) is 32.2 Å². The van der Waals surface area contributed by atoms with E-state index in [1.807, 2.05) is 0 Å². The molecular formula is C17H18N4O3S. The van der Waals surface area contributed by atoms with E-state index in [1.165, 1.54) is 23.6 Å². The van der Waals surface area contributed by atoms with Crippen molar-refractivity contribution < 1.29 is 9.59 Å². The quantitative estimate of drug-likeness (QED) is 0.874. The average molecular weight is 358 g/mol. The predicted molar refractivity (Wildman–Crippen MR) is 93.6 cm³/mol. The molecule has 4 rings (SSSR count). The van der Waals surface area contributed by atoms with Crippen LogP contribution in [0, 0.1) is 5.92 Å². The maximum Gasteiger partial charge on any atom is 0.260 e. The minimum Gasteiger partial charge on any atom is -0.333 e. The third-order valence-corrected chi connectivity index (χ3v) is 5.77. The minimum atomic E-state index is -0.379. The Hall–Kier alpha value is -2.48. The van der Waals surface area contributed by atoms with Crippen LogP contribution in [0.2, 0.25) is 0 Å². The lowest BCUT2D eigenvalue weighted by molar-refractivity contribution is -0.122. The highest BCUT2D eigenvalue weighted by Crippen LogP contribution is 2.31. The van der Waals surface area contributed by atoms with Crippen LogP contribution in [0.1, 0.15) is 40.2 Å². The van der Waals surface area contributed by atoms with Crippen LogP contribution in [0.4, 0.5) is 5.13 Å². The number of aromatic nitrogens is 2. The molecule has 0 aromatic carbocycles. The van der Waals surface area contributed by atoms with E-state index in [0.717, 1.165) is 29.8 Å². The molecule has 0 atom stereocenters. The zero-order chi connectivity index (χ0) is 17.4. The number of carbonyl (C=O) groups is 2. The number of hydrogen-bond donors (Lipinski definition) is 2. The smallest absolute Gasteiger partial charge is 0.260 e. The molecule has 0 radical (unpaired) electrons. The molecule has 0 unspecified atom stereocenters. The summed E-state index contributed by atoms with van der Waals surface area (Å²) in [5.74, 6) is -0.120. The molecule has 2 aromatic rings. The Kier molecular flexibility index (Phi) is 4.12. The maximum absolute atomic E-state index is 12.6. The first-order chi connectivity index (χ1) is 12.1. The Morgan fingerprint density at radius 2 is 2.20 bits per heavy atom. The summed E-state index contributed by atoms with van der Waals surface area (Å²) in [4.78, 5) is 46.1. The lowest BCUT2D eigenvalue weighted by atomic mass is 9.85. The average Bonchev–Trinajstić information content (AvgIpc) is 2.94.